The van der Waals surface area contributed by atoms with Crippen molar-refractivity contribution in [1.29, 1.82) is 0 Å². The largest absolute Gasteiger partial charge is 0.494 e. The van der Waals surface area contributed by atoms with E-state index in [1.165, 1.54) is 25.3 Å². The van der Waals surface area contributed by atoms with E-state index >= 15 is 0 Å². The maximum atomic E-state index is 13.3. The predicted octanol–water partition coefficient (Wildman–Crippen LogP) is 2.78. The normalized spacial score (nSPS) is 11.8. The molecule has 1 amide bonds. The molecule has 0 spiro atoms. The molecule has 0 saturated carbocycles. The first-order chi connectivity index (χ1) is 10.0. The Balaban J connectivity index is 2.12. The highest BCUT2D eigenvalue weighted by molar-refractivity contribution is 5.95. The van der Waals surface area contributed by atoms with Crippen molar-refractivity contribution in [3.05, 3.63) is 59.4 Å². The number of anilines is 1. The molecule has 2 aromatic carbocycles. The van der Waals surface area contributed by atoms with Crippen molar-refractivity contribution < 1.29 is 13.9 Å². The Bertz CT molecular complexity index is 641. The van der Waals surface area contributed by atoms with Gasteiger partial charge in [0.25, 0.3) is 0 Å². The van der Waals surface area contributed by atoms with Gasteiger partial charge in [-0.15, -0.1) is 0 Å². The molecule has 0 aliphatic heterocycles. The summed E-state index contributed by atoms with van der Waals surface area (Å²) in [5.74, 6) is -0.789. The van der Waals surface area contributed by atoms with Gasteiger partial charge < -0.3 is 15.8 Å². The molecule has 0 aliphatic rings. The van der Waals surface area contributed by atoms with Crippen LogP contribution in [0.3, 0.4) is 0 Å². The van der Waals surface area contributed by atoms with Gasteiger partial charge in [-0.05, 0) is 24.6 Å². The Kier molecular flexibility index (Phi) is 4.55. The highest BCUT2D eigenvalue weighted by atomic mass is 19.1. The van der Waals surface area contributed by atoms with Gasteiger partial charge in [0.2, 0.25) is 5.91 Å². The van der Waals surface area contributed by atoms with Crippen molar-refractivity contribution >= 4 is 11.6 Å². The average molecular weight is 288 g/mol. The Hall–Kier alpha value is -2.40. The zero-order chi connectivity index (χ0) is 15.4. The first-order valence-corrected chi connectivity index (χ1v) is 6.48. The van der Waals surface area contributed by atoms with Crippen LogP contribution in [0.15, 0.2) is 42.5 Å². The summed E-state index contributed by atoms with van der Waals surface area (Å²) in [6.07, 6.45) is 0. The maximum absolute atomic E-state index is 13.3. The molecule has 21 heavy (non-hydrogen) atoms. The van der Waals surface area contributed by atoms with Crippen LogP contribution in [0.2, 0.25) is 0 Å². The van der Waals surface area contributed by atoms with Crippen LogP contribution in [0.4, 0.5) is 10.1 Å². The molecule has 2 aromatic rings. The first kappa shape index (κ1) is 15.0. The third-order valence-electron chi connectivity index (χ3n) is 3.14. The lowest BCUT2D eigenvalue weighted by Gasteiger charge is -2.13. The van der Waals surface area contributed by atoms with E-state index in [0.29, 0.717) is 11.3 Å². The molecule has 0 fully saturated rings. The van der Waals surface area contributed by atoms with Crippen LogP contribution in [-0.4, -0.2) is 13.0 Å². The number of ether oxygens (including phenoxy) is 1. The second-order valence-corrected chi connectivity index (χ2v) is 4.73. The van der Waals surface area contributed by atoms with Gasteiger partial charge in [-0.3, -0.25) is 4.79 Å². The van der Waals surface area contributed by atoms with Crippen molar-refractivity contribution in [2.24, 2.45) is 5.73 Å². The summed E-state index contributed by atoms with van der Waals surface area (Å²) in [5, 5.41) is 2.65. The summed E-state index contributed by atoms with van der Waals surface area (Å²) in [6.45, 7) is 1.96. The number of carbonyl (C=O) groups excluding carboxylic acids is 1. The molecule has 0 heterocycles. The van der Waals surface area contributed by atoms with E-state index in [9.17, 15) is 9.18 Å². The molecule has 3 N–H and O–H groups in total. The predicted molar refractivity (Wildman–Crippen MR) is 79.7 cm³/mol. The molecule has 1 atom stereocenters. The lowest BCUT2D eigenvalue weighted by atomic mass is 10.1. The third-order valence-corrected chi connectivity index (χ3v) is 3.14. The zero-order valence-corrected chi connectivity index (χ0v) is 11.9. The molecule has 110 valence electrons. The highest BCUT2D eigenvalue weighted by Crippen LogP contribution is 2.22. The third kappa shape index (κ3) is 3.58. The van der Waals surface area contributed by atoms with Crippen molar-refractivity contribution in [3.8, 4) is 5.75 Å². The van der Waals surface area contributed by atoms with Crippen LogP contribution in [0.25, 0.3) is 0 Å². The molecule has 4 nitrogen and oxygen atoms in total. The minimum Gasteiger partial charge on any atom is -0.494 e. The number of benzene rings is 2. The number of hydrogen-bond donors (Lipinski definition) is 2. The van der Waals surface area contributed by atoms with E-state index in [4.69, 9.17) is 10.5 Å². The fourth-order valence-electron chi connectivity index (χ4n) is 1.88. The lowest BCUT2D eigenvalue weighted by Crippen LogP contribution is -2.27. The van der Waals surface area contributed by atoms with E-state index in [0.717, 1.165) is 5.56 Å². The van der Waals surface area contributed by atoms with E-state index in [-0.39, 0.29) is 11.7 Å². The van der Waals surface area contributed by atoms with Gasteiger partial charge in [0.1, 0.15) is 6.04 Å². The van der Waals surface area contributed by atoms with Gasteiger partial charge in [-0.2, -0.15) is 0 Å². The number of nitrogens with one attached hydrogen (secondary N) is 1. The number of hydrogen-bond acceptors (Lipinski definition) is 3. The fraction of sp³-hybridized carbons (Fsp3) is 0.188. The van der Waals surface area contributed by atoms with Crippen LogP contribution >= 0.6 is 0 Å². The van der Waals surface area contributed by atoms with Gasteiger partial charge in [0.05, 0.1) is 7.11 Å². The number of methoxy groups -OCH3 is 1. The summed E-state index contributed by atoms with van der Waals surface area (Å²) < 4.78 is 18.2. The van der Waals surface area contributed by atoms with Crippen molar-refractivity contribution in [1.82, 2.24) is 0 Å². The summed E-state index contributed by atoms with van der Waals surface area (Å²) in [5.41, 5.74) is 8.16. The SMILES string of the molecule is COc1cc(NC(=O)C(N)c2ccc(C)cc2)ccc1F. The highest BCUT2D eigenvalue weighted by Gasteiger charge is 2.16. The van der Waals surface area contributed by atoms with Crippen molar-refractivity contribution in [2.45, 2.75) is 13.0 Å². The Labute approximate surface area is 122 Å². The monoisotopic (exact) mass is 288 g/mol. The molecule has 1 unspecified atom stereocenters. The van der Waals surface area contributed by atoms with E-state index in [1.54, 1.807) is 0 Å². The van der Waals surface area contributed by atoms with E-state index in [2.05, 4.69) is 5.32 Å². The number of carbonyl (C=O) groups is 1. The Morgan fingerprint density at radius 1 is 1.24 bits per heavy atom. The second kappa shape index (κ2) is 6.37. The van der Waals surface area contributed by atoms with E-state index in [1.807, 2.05) is 31.2 Å². The number of nitrogens with two attached hydrogens (primary N) is 1. The first-order valence-electron chi connectivity index (χ1n) is 6.48. The summed E-state index contributed by atoms with van der Waals surface area (Å²) in [7, 11) is 1.36. The topological polar surface area (TPSA) is 64.3 Å². The van der Waals surface area contributed by atoms with Gasteiger partial charge in [-0.25, -0.2) is 4.39 Å². The molecule has 0 aliphatic carbocycles. The molecule has 0 aromatic heterocycles. The van der Waals surface area contributed by atoms with Gasteiger partial charge in [0.15, 0.2) is 11.6 Å². The maximum Gasteiger partial charge on any atom is 0.245 e. The van der Waals surface area contributed by atoms with Crippen LogP contribution in [-0.2, 0) is 4.79 Å². The summed E-state index contributed by atoms with van der Waals surface area (Å²) >= 11 is 0. The standard InChI is InChI=1S/C16H17FN2O2/c1-10-3-5-11(6-4-10)15(18)16(20)19-12-7-8-13(17)14(9-12)21-2/h3-9,15H,18H2,1-2H3,(H,19,20). The second-order valence-electron chi connectivity index (χ2n) is 4.73. The summed E-state index contributed by atoms with van der Waals surface area (Å²) in [4.78, 5) is 12.1. The average Bonchev–Trinajstić information content (AvgIpc) is 2.49. The van der Waals surface area contributed by atoms with Crippen molar-refractivity contribution in [3.63, 3.8) is 0 Å². The van der Waals surface area contributed by atoms with Gasteiger partial charge in [0, 0.05) is 11.8 Å². The molecular weight excluding hydrogens is 271 g/mol. The quantitative estimate of drug-likeness (QED) is 0.909. The minimum atomic E-state index is -0.790. The number of halogens is 1. The van der Waals surface area contributed by atoms with E-state index < -0.39 is 11.9 Å². The smallest absolute Gasteiger partial charge is 0.245 e. The van der Waals surface area contributed by atoms with Crippen molar-refractivity contribution in [2.75, 3.05) is 12.4 Å². The zero-order valence-electron chi connectivity index (χ0n) is 11.9. The molecule has 0 radical (unpaired) electrons. The lowest BCUT2D eigenvalue weighted by molar-refractivity contribution is -0.117. The van der Waals surface area contributed by atoms with Crippen LogP contribution < -0.4 is 15.8 Å². The number of amides is 1. The van der Waals surface area contributed by atoms with Gasteiger partial charge >= 0.3 is 0 Å². The Morgan fingerprint density at radius 3 is 2.52 bits per heavy atom. The number of rotatable bonds is 4. The summed E-state index contributed by atoms with van der Waals surface area (Å²) in [6, 6.07) is 10.7. The fourth-order valence-corrected chi connectivity index (χ4v) is 1.88. The van der Waals surface area contributed by atoms with Gasteiger partial charge in [-0.1, -0.05) is 29.8 Å². The minimum absolute atomic E-state index is 0.0664. The van der Waals surface area contributed by atoms with Crippen LogP contribution in [0.1, 0.15) is 17.2 Å². The van der Waals surface area contributed by atoms with Crippen LogP contribution in [0, 0.1) is 12.7 Å². The van der Waals surface area contributed by atoms with Crippen LogP contribution in [0.5, 0.6) is 5.75 Å². The molecule has 0 saturated heterocycles. The molecule has 0 bridgehead atoms. The molecular formula is C16H17FN2O2. The molecule has 2 rings (SSSR count). The number of aryl methyl sites for hydroxylation is 1. The Morgan fingerprint density at radius 2 is 1.90 bits per heavy atom. The molecule has 5 heteroatoms.